The van der Waals surface area contributed by atoms with Crippen molar-refractivity contribution in [1.29, 1.82) is 0 Å². The van der Waals surface area contributed by atoms with Crippen LogP contribution in [0, 0.1) is 46.8 Å². The molecule has 9 atom stereocenters. The minimum atomic E-state index is -0.109. The molecule has 2 nitrogen and oxygen atoms in total. The zero-order valence-electron chi connectivity index (χ0n) is 18.1. The first kappa shape index (κ1) is 20.2. The monoisotopic (exact) mass is 376 g/mol. The molecule has 2 heteroatoms. The van der Waals surface area contributed by atoms with Crippen LogP contribution in [0.3, 0.4) is 0 Å². The van der Waals surface area contributed by atoms with Crippen molar-refractivity contribution in [1.82, 2.24) is 0 Å². The summed E-state index contributed by atoms with van der Waals surface area (Å²) in [6, 6.07) is 0. The number of aliphatic hydroxyl groups is 2. The Labute approximate surface area is 167 Å². The fraction of sp³-hybridized carbons (Fsp3) is 1.00. The van der Waals surface area contributed by atoms with Gasteiger partial charge in [-0.1, -0.05) is 27.2 Å². The van der Waals surface area contributed by atoms with E-state index >= 15 is 0 Å². The Balaban J connectivity index is 1.38. The highest BCUT2D eigenvalue weighted by molar-refractivity contribution is 5.06. The quantitative estimate of drug-likeness (QED) is 0.636. The van der Waals surface area contributed by atoms with Crippen LogP contribution in [-0.2, 0) is 0 Å². The minimum absolute atomic E-state index is 0.00583. The predicted molar refractivity (Wildman–Crippen MR) is 111 cm³/mol. The van der Waals surface area contributed by atoms with Crippen molar-refractivity contribution in [3.05, 3.63) is 0 Å². The predicted octanol–water partition coefficient (Wildman–Crippen LogP) is 5.80. The second kappa shape index (κ2) is 7.98. The molecule has 27 heavy (non-hydrogen) atoms. The Kier molecular flexibility index (Phi) is 5.97. The molecular formula is C25H44O2. The van der Waals surface area contributed by atoms with Crippen LogP contribution in [-0.4, -0.2) is 22.4 Å². The van der Waals surface area contributed by atoms with Crippen LogP contribution in [0.5, 0.6) is 0 Å². The lowest BCUT2D eigenvalue weighted by molar-refractivity contribution is -0.0780. The summed E-state index contributed by atoms with van der Waals surface area (Å²) in [5.74, 6) is 5.96. The zero-order chi connectivity index (χ0) is 19.2. The van der Waals surface area contributed by atoms with Crippen LogP contribution in [0.4, 0.5) is 0 Å². The molecule has 4 saturated carbocycles. The van der Waals surface area contributed by atoms with Crippen LogP contribution in [0.1, 0.15) is 97.8 Å². The van der Waals surface area contributed by atoms with E-state index in [1.165, 1.54) is 57.8 Å². The van der Waals surface area contributed by atoms with Crippen molar-refractivity contribution < 1.29 is 10.2 Å². The standard InChI is InChI=1S/C25H44O2/c1-16(2)24(27)6-4-5-18-8-12-23-22-10-7-17-15-19(26)9-11-20(17)21(22)13-14-25(18,23)3/h16-24,26-27H,4-15H2,1-3H3. The van der Waals surface area contributed by atoms with Crippen molar-refractivity contribution in [2.75, 3.05) is 0 Å². The fourth-order valence-corrected chi connectivity index (χ4v) is 8.32. The van der Waals surface area contributed by atoms with E-state index in [2.05, 4.69) is 20.8 Å². The third-order valence-electron chi connectivity index (χ3n) is 9.95. The van der Waals surface area contributed by atoms with Gasteiger partial charge in [-0.25, -0.2) is 0 Å². The van der Waals surface area contributed by atoms with E-state index in [0.29, 0.717) is 11.3 Å². The van der Waals surface area contributed by atoms with Crippen LogP contribution in [0.15, 0.2) is 0 Å². The highest BCUT2D eigenvalue weighted by Gasteiger charge is 2.56. The van der Waals surface area contributed by atoms with E-state index < -0.39 is 0 Å². The van der Waals surface area contributed by atoms with Gasteiger partial charge in [-0.2, -0.15) is 0 Å². The molecule has 0 radical (unpaired) electrons. The summed E-state index contributed by atoms with van der Waals surface area (Å²) < 4.78 is 0. The van der Waals surface area contributed by atoms with Gasteiger partial charge in [-0.15, -0.1) is 0 Å². The summed E-state index contributed by atoms with van der Waals surface area (Å²) >= 11 is 0. The first-order valence-electron chi connectivity index (χ1n) is 12.3. The van der Waals surface area contributed by atoms with Gasteiger partial charge in [0.2, 0.25) is 0 Å². The molecule has 0 aromatic heterocycles. The lowest BCUT2D eigenvalue weighted by Gasteiger charge is -2.56. The van der Waals surface area contributed by atoms with Crippen molar-refractivity contribution in [2.24, 2.45) is 46.8 Å². The van der Waals surface area contributed by atoms with Gasteiger partial charge in [0.25, 0.3) is 0 Å². The second-order valence-corrected chi connectivity index (χ2v) is 11.5. The van der Waals surface area contributed by atoms with Gasteiger partial charge in [0, 0.05) is 0 Å². The number of hydrogen-bond donors (Lipinski definition) is 2. The number of hydrogen-bond acceptors (Lipinski definition) is 2. The van der Waals surface area contributed by atoms with Gasteiger partial charge in [0.05, 0.1) is 12.2 Å². The Morgan fingerprint density at radius 3 is 2.48 bits per heavy atom. The fourth-order valence-electron chi connectivity index (χ4n) is 8.32. The Bertz CT molecular complexity index is 503. The number of fused-ring (bicyclic) bond motifs is 5. The Hall–Kier alpha value is -0.0800. The second-order valence-electron chi connectivity index (χ2n) is 11.5. The van der Waals surface area contributed by atoms with Gasteiger partial charge >= 0.3 is 0 Å². The van der Waals surface area contributed by atoms with Gasteiger partial charge in [-0.05, 0) is 117 Å². The number of rotatable bonds is 5. The largest absolute Gasteiger partial charge is 0.393 e. The summed E-state index contributed by atoms with van der Waals surface area (Å²) in [4.78, 5) is 0. The molecular weight excluding hydrogens is 332 g/mol. The highest BCUT2D eigenvalue weighted by Crippen LogP contribution is 2.64. The smallest absolute Gasteiger partial charge is 0.0563 e. The molecule has 0 spiro atoms. The van der Waals surface area contributed by atoms with Gasteiger partial charge in [-0.3, -0.25) is 0 Å². The average molecular weight is 377 g/mol. The van der Waals surface area contributed by atoms with E-state index in [-0.39, 0.29) is 12.2 Å². The topological polar surface area (TPSA) is 40.5 Å². The van der Waals surface area contributed by atoms with E-state index in [1.54, 1.807) is 0 Å². The summed E-state index contributed by atoms with van der Waals surface area (Å²) in [7, 11) is 0. The molecule has 156 valence electrons. The SMILES string of the molecule is CC(C)C(O)CCCC1CCC2C3CCC4CC(O)CCC4C3CCC12C. The van der Waals surface area contributed by atoms with Crippen molar-refractivity contribution in [3.63, 3.8) is 0 Å². The number of aliphatic hydroxyl groups excluding tert-OH is 2. The van der Waals surface area contributed by atoms with Crippen molar-refractivity contribution >= 4 is 0 Å². The molecule has 0 amide bonds. The van der Waals surface area contributed by atoms with E-state index in [4.69, 9.17) is 0 Å². The van der Waals surface area contributed by atoms with Crippen molar-refractivity contribution in [3.8, 4) is 0 Å². The summed E-state index contributed by atoms with van der Waals surface area (Å²) in [6.07, 6.45) is 15.5. The molecule has 4 aliphatic carbocycles. The maximum atomic E-state index is 10.2. The van der Waals surface area contributed by atoms with Crippen LogP contribution in [0.2, 0.25) is 0 Å². The maximum Gasteiger partial charge on any atom is 0.0563 e. The molecule has 0 aromatic carbocycles. The molecule has 4 aliphatic rings. The lowest BCUT2D eigenvalue weighted by Crippen LogP contribution is -2.49. The molecule has 0 aliphatic heterocycles. The molecule has 4 fully saturated rings. The van der Waals surface area contributed by atoms with Gasteiger partial charge in [0.1, 0.15) is 0 Å². The van der Waals surface area contributed by atoms with Gasteiger partial charge < -0.3 is 10.2 Å². The van der Waals surface area contributed by atoms with Crippen LogP contribution in [0.25, 0.3) is 0 Å². The van der Waals surface area contributed by atoms with E-state index in [1.807, 2.05) is 0 Å². The third kappa shape index (κ3) is 3.75. The summed E-state index contributed by atoms with van der Waals surface area (Å²) in [6.45, 7) is 6.92. The van der Waals surface area contributed by atoms with E-state index in [9.17, 15) is 10.2 Å². The highest BCUT2D eigenvalue weighted by atomic mass is 16.3. The molecule has 0 aromatic rings. The first-order chi connectivity index (χ1) is 12.9. The van der Waals surface area contributed by atoms with E-state index in [0.717, 1.165) is 54.8 Å². The molecule has 0 heterocycles. The van der Waals surface area contributed by atoms with Crippen LogP contribution >= 0.6 is 0 Å². The lowest BCUT2D eigenvalue weighted by atomic mass is 9.49. The summed E-state index contributed by atoms with van der Waals surface area (Å²) in [5.41, 5.74) is 0.574. The molecule has 0 saturated heterocycles. The molecule has 2 N–H and O–H groups in total. The molecule has 4 rings (SSSR count). The Morgan fingerprint density at radius 1 is 0.926 bits per heavy atom. The summed E-state index contributed by atoms with van der Waals surface area (Å²) in [5, 5.41) is 20.3. The normalized spacial score (nSPS) is 48.0. The minimum Gasteiger partial charge on any atom is -0.393 e. The van der Waals surface area contributed by atoms with Crippen LogP contribution < -0.4 is 0 Å². The zero-order valence-corrected chi connectivity index (χ0v) is 18.1. The Morgan fingerprint density at radius 2 is 1.70 bits per heavy atom. The van der Waals surface area contributed by atoms with Crippen molar-refractivity contribution in [2.45, 2.75) is 110 Å². The van der Waals surface area contributed by atoms with Gasteiger partial charge in [0.15, 0.2) is 0 Å². The average Bonchev–Trinajstić information content (AvgIpc) is 2.97. The first-order valence-corrected chi connectivity index (χ1v) is 12.3. The maximum absolute atomic E-state index is 10.2. The molecule has 0 bridgehead atoms. The third-order valence-corrected chi connectivity index (χ3v) is 9.95. The molecule has 9 unspecified atom stereocenters.